The van der Waals surface area contributed by atoms with Gasteiger partial charge in [0.05, 0.1) is 11.4 Å². The standard InChI is InChI=1S/C18H14N4O3/c23-17-10-25-16-9-13(4-5-15(16)21-17)20-18(24)12-3-1-2-11(8-12)14-6-7-19-22-14/h1-9H,10H2,(H,19,22)(H,20,24)(H,21,23). The average molecular weight is 334 g/mol. The molecular formula is C18H14N4O3. The number of aromatic amines is 1. The summed E-state index contributed by atoms with van der Waals surface area (Å²) in [6.45, 7) is -0.0311. The first-order valence-corrected chi connectivity index (χ1v) is 7.67. The lowest BCUT2D eigenvalue weighted by molar-refractivity contribution is -0.118. The molecule has 0 bridgehead atoms. The van der Waals surface area contributed by atoms with E-state index in [0.29, 0.717) is 22.7 Å². The van der Waals surface area contributed by atoms with Gasteiger partial charge in [-0.1, -0.05) is 12.1 Å². The Morgan fingerprint density at radius 2 is 2.08 bits per heavy atom. The molecule has 0 aliphatic carbocycles. The van der Waals surface area contributed by atoms with Crippen molar-refractivity contribution in [3.05, 3.63) is 60.3 Å². The van der Waals surface area contributed by atoms with Crippen LogP contribution in [0.3, 0.4) is 0 Å². The average Bonchev–Trinajstić information content (AvgIpc) is 3.17. The van der Waals surface area contributed by atoms with Crippen molar-refractivity contribution in [1.82, 2.24) is 10.2 Å². The number of hydrogen-bond donors (Lipinski definition) is 3. The van der Waals surface area contributed by atoms with Crippen molar-refractivity contribution in [2.45, 2.75) is 0 Å². The number of hydrogen-bond acceptors (Lipinski definition) is 4. The van der Waals surface area contributed by atoms with Gasteiger partial charge in [0.2, 0.25) is 0 Å². The van der Waals surface area contributed by atoms with Gasteiger partial charge in [-0.2, -0.15) is 5.10 Å². The first kappa shape index (κ1) is 14.9. The van der Waals surface area contributed by atoms with Crippen molar-refractivity contribution in [2.24, 2.45) is 0 Å². The Hall–Kier alpha value is -3.61. The zero-order valence-corrected chi connectivity index (χ0v) is 13.1. The number of ether oxygens (including phenoxy) is 1. The van der Waals surface area contributed by atoms with E-state index in [9.17, 15) is 9.59 Å². The molecule has 7 heteroatoms. The molecule has 124 valence electrons. The van der Waals surface area contributed by atoms with Gasteiger partial charge in [-0.25, -0.2) is 0 Å². The lowest BCUT2D eigenvalue weighted by Crippen LogP contribution is -2.25. The summed E-state index contributed by atoms with van der Waals surface area (Å²) in [5.41, 5.74) is 3.43. The molecule has 1 aliphatic rings. The highest BCUT2D eigenvalue weighted by Gasteiger charge is 2.17. The van der Waals surface area contributed by atoms with Gasteiger partial charge in [0.1, 0.15) is 5.75 Å². The maximum Gasteiger partial charge on any atom is 0.262 e. The van der Waals surface area contributed by atoms with Crippen LogP contribution in [0, 0.1) is 0 Å². The van der Waals surface area contributed by atoms with Gasteiger partial charge in [0.15, 0.2) is 6.61 Å². The van der Waals surface area contributed by atoms with Crippen LogP contribution in [0.25, 0.3) is 11.3 Å². The third-order valence-electron chi connectivity index (χ3n) is 3.81. The number of nitrogens with zero attached hydrogens (tertiary/aromatic N) is 1. The first-order valence-electron chi connectivity index (χ1n) is 7.67. The fourth-order valence-corrected chi connectivity index (χ4v) is 2.60. The Morgan fingerprint density at radius 3 is 2.92 bits per heavy atom. The van der Waals surface area contributed by atoms with Gasteiger partial charge < -0.3 is 15.4 Å². The smallest absolute Gasteiger partial charge is 0.262 e. The van der Waals surface area contributed by atoms with E-state index < -0.39 is 0 Å². The van der Waals surface area contributed by atoms with Crippen molar-refractivity contribution in [1.29, 1.82) is 0 Å². The first-order chi connectivity index (χ1) is 12.2. The van der Waals surface area contributed by atoms with Crippen LogP contribution in [-0.4, -0.2) is 28.6 Å². The van der Waals surface area contributed by atoms with E-state index in [1.807, 2.05) is 18.2 Å². The van der Waals surface area contributed by atoms with Crippen LogP contribution in [-0.2, 0) is 4.79 Å². The van der Waals surface area contributed by atoms with Gasteiger partial charge in [-0.3, -0.25) is 14.7 Å². The lowest BCUT2D eigenvalue weighted by Gasteiger charge is -2.18. The largest absolute Gasteiger partial charge is 0.482 e. The number of anilines is 2. The molecule has 0 saturated carbocycles. The Labute approximate surface area is 143 Å². The van der Waals surface area contributed by atoms with Gasteiger partial charge in [-0.05, 0) is 30.3 Å². The normalized spacial score (nSPS) is 12.7. The van der Waals surface area contributed by atoms with Crippen molar-refractivity contribution >= 4 is 23.2 Å². The Balaban J connectivity index is 1.54. The number of rotatable bonds is 3. The van der Waals surface area contributed by atoms with E-state index in [0.717, 1.165) is 11.3 Å². The molecule has 7 nitrogen and oxygen atoms in total. The zero-order valence-electron chi connectivity index (χ0n) is 13.1. The highest BCUT2D eigenvalue weighted by molar-refractivity contribution is 6.05. The molecule has 0 fully saturated rings. The van der Waals surface area contributed by atoms with Crippen LogP contribution < -0.4 is 15.4 Å². The quantitative estimate of drug-likeness (QED) is 0.686. The fourth-order valence-electron chi connectivity index (χ4n) is 2.60. The molecule has 2 heterocycles. The van der Waals surface area contributed by atoms with Crippen LogP contribution in [0.4, 0.5) is 11.4 Å². The Bertz CT molecular complexity index is 951. The molecule has 1 aliphatic heterocycles. The van der Waals surface area contributed by atoms with E-state index >= 15 is 0 Å². The number of carbonyl (C=O) groups excluding carboxylic acids is 2. The van der Waals surface area contributed by atoms with Gasteiger partial charge in [0, 0.05) is 29.1 Å². The highest BCUT2D eigenvalue weighted by atomic mass is 16.5. The number of fused-ring (bicyclic) bond motifs is 1. The van der Waals surface area contributed by atoms with Crippen LogP contribution in [0.1, 0.15) is 10.4 Å². The molecular weight excluding hydrogens is 320 g/mol. The summed E-state index contributed by atoms with van der Waals surface area (Å²) in [4.78, 5) is 23.8. The van der Waals surface area contributed by atoms with E-state index in [2.05, 4.69) is 20.8 Å². The number of nitrogens with one attached hydrogen (secondary N) is 3. The van der Waals surface area contributed by atoms with E-state index in [1.165, 1.54) is 0 Å². The molecule has 0 unspecified atom stereocenters. The minimum atomic E-state index is -0.235. The highest BCUT2D eigenvalue weighted by Crippen LogP contribution is 2.30. The topological polar surface area (TPSA) is 96.1 Å². The maximum absolute atomic E-state index is 12.5. The molecule has 0 saturated heterocycles. The molecule has 0 atom stereocenters. The fraction of sp³-hybridized carbons (Fsp3) is 0.0556. The summed E-state index contributed by atoms with van der Waals surface area (Å²) in [5, 5.41) is 12.3. The van der Waals surface area contributed by atoms with Crippen LogP contribution in [0.15, 0.2) is 54.7 Å². The molecule has 0 radical (unpaired) electrons. The van der Waals surface area contributed by atoms with E-state index in [-0.39, 0.29) is 18.4 Å². The van der Waals surface area contributed by atoms with E-state index in [1.54, 1.807) is 36.5 Å². The van der Waals surface area contributed by atoms with Crippen molar-refractivity contribution < 1.29 is 14.3 Å². The molecule has 3 N–H and O–H groups in total. The van der Waals surface area contributed by atoms with Gasteiger partial charge in [-0.15, -0.1) is 0 Å². The predicted molar refractivity (Wildman–Crippen MR) is 92.5 cm³/mol. The molecule has 0 spiro atoms. The molecule has 2 amide bonds. The second kappa shape index (κ2) is 6.12. The summed E-state index contributed by atoms with van der Waals surface area (Å²) < 4.78 is 5.36. The lowest BCUT2D eigenvalue weighted by atomic mass is 10.1. The maximum atomic E-state index is 12.5. The third-order valence-corrected chi connectivity index (χ3v) is 3.81. The number of H-pyrrole nitrogens is 1. The Kier molecular flexibility index (Phi) is 3.66. The van der Waals surface area contributed by atoms with Crippen LogP contribution in [0.2, 0.25) is 0 Å². The summed E-state index contributed by atoms with van der Waals surface area (Å²) in [6.07, 6.45) is 1.66. The molecule has 1 aromatic heterocycles. The van der Waals surface area contributed by atoms with Crippen LogP contribution >= 0.6 is 0 Å². The van der Waals surface area contributed by atoms with Crippen LogP contribution in [0.5, 0.6) is 5.75 Å². The summed E-state index contributed by atoms with van der Waals surface area (Å²) in [7, 11) is 0. The molecule has 25 heavy (non-hydrogen) atoms. The minimum Gasteiger partial charge on any atom is -0.482 e. The molecule has 2 aromatic carbocycles. The summed E-state index contributed by atoms with van der Waals surface area (Å²) >= 11 is 0. The van der Waals surface area contributed by atoms with Crippen molar-refractivity contribution in [3.8, 4) is 17.0 Å². The second-order valence-corrected chi connectivity index (χ2v) is 5.55. The predicted octanol–water partition coefficient (Wildman–Crippen LogP) is 2.66. The number of aromatic nitrogens is 2. The van der Waals surface area contributed by atoms with Crippen molar-refractivity contribution in [2.75, 3.05) is 17.2 Å². The third kappa shape index (κ3) is 3.07. The monoisotopic (exact) mass is 334 g/mol. The molecule has 3 aromatic rings. The zero-order chi connectivity index (χ0) is 17.2. The second-order valence-electron chi connectivity index (χ2n) is 5.55. The van der Waals surface area contributed by atoms with Crippen molar-refractivity contribution in [3.63, 3.8) is 0 Å². The number of amides is 2. The minimum absolute atomic E-state index is 0.0311. The summed E-state index contributed by atoms with van der Waals surface area (Å²) in [5.74, 6) is 0.102. The molecule has 4 rings (SSSR count). The van der Waals surface area contributed by atoms with Gasteiger partial charge >= 0.3 is 0 Å². The van der Waals surface area contributed by atoms with Gasteiger partial charge in [0.25, 0.3) is 11.8 Å². The number of benzene rings is 2. The van der Waals surface area contributed by atoms with E-state index in [4.69, 9.17) is 4.74 Å². The SMILES string of the molecule is O=C1COc2cc(NC(=O)c3cccc(-c4ccn[nH]4)c3)ccc2N1. The number of carbonyl (C=O) groups is 2. The summed E-state index contributed by atoms with van der Waals surface area (Å²) in [6, 6.07) is 14.2. The Morgan fingerprint density at radius 1 is 1.16 bits per heavy atom.